The molecule has 184 valence electrons. The molecule has 1 atom stereocenters. The summed E-state index contributed by atoms with van der Waals surface area (Å²) in [5.41, 5.74) is 2.58. The van der Waals surface area contributed by atoms with Gasteiger partial charge in [0.15, 0.2) is 0 Å². The van der Waals surface area contributed by atoms with Crippen LogP contribution in [0.2, 0.25) is 0 Å². The van der Waals surface area contributed by atoms with E-state index in [-0.39, 0.29) is 24.2 Å². The van der Waals surface area contributed by atoms with Crippen molar-refractivity contribution < 1.29 is 18.7 Å². The third-order valence-corrected chi connectivity index (χ3v) is 6.72. The first-order valence-corrected chi connectivity index (χ1v) is 12.6. The van der Waals surface area contributed by atoms with Crippen molar-refractivity contribution in [1.29, 1.82) is 0 Å². The molecule has 6 nitrogen and oxygen atoms in total. The third kappa shape index (κ3) is 5.53. The summed E-state index contributed by atoms with van der Waals surface area (Å²) < 4.78 is 20.2. The van der Waals surface area contributed by atoms with Crippen LogP contribution in [0.15, 0.2) is 47.8 Å². The highest BCUT2D eigenvalue weighted by atomic mass is 32.1. The number of fused-ring (bicyclic) bond motifs is 1. The summed E-state index contributed by atoms with van der Waals surface area (Å²) >= 11 is 1.37. The van der Waals surface area contributed by atoms with Gasteiger partial charge in [-0.25, -0.2) is 9.37 Å². The SMILES string of the molecule is CCNC(=O)c1csc(COc2ccc3c(c2)C(c2cccc(F)c2)N(C(=O)C(C)(C)C)CC3)n1. The Balaban J connectivity index is 1.63. The number of aromatic nitrogens is 1. The number of amides is 2. The smallest absolute Gasteiger partial charge is 0.270 e. The number of thiazole rings is 1. The van der Waals surface area contributed by atoms with Crippen LogP contribution in [0, 0.1) is 11.2 Å². The Morgan fingerprint density at radius 3 is 2.74 bits per heavy atom. The van der Waals surface area contributed by atoms with Gasteiger partial charge >= 0.3 is 0 Å². The average molecular weight is 496 g/mol. The summed E-state index contributed by atoms with van der Waals surface area (Å²) in [5.74, 6) is 0.108. The molecule has 0 spiro atoms. The second kappa shape index (κ2) is 10.2. The van der Waals surface area contributed by atoms with E-state index in [1.54, 1.807) is 11.4 Å². The van der Waals surface area contributed by atoms with E-state index in [1.165, 1.54) is 23.5 Å². The Morgan fingerprint density at radius 2 is 2.03 bits per heavy atom. The molecule has 2 aromatic carbocycles. The van der Waals surface area contributed by atoms with Crippen molar-refractivity contribution in [3.8, 4) is 5.75 Å². The Bertz CT molecular complexity index is 1230. The molecule has 8 heteroatoms. The predicted octanol–water partition coefficient (Wildman–Crippen LogP) is 5.13. The minimum atomic E-state index is -0.566. The third-order valence-electron chi connectivity index (χ3n) is 5.90. The highest BCUT2D eigenvalue weighted by Crippen LogP contribution is 2.39. The van der Waals surface area contributed by atoms with Crippen molar-refractivity contribution in [2.24, 2.45) is 5.41 Å². The molecule has 2 amide bonds. The molecule has 0 aliphatic carbocycles. The summed E-state index contributed by atoms with van der Waals surface area (Å²) in [4.78, 5) is 31.5. The lowest BCUT2D eigenvalue weighted by atomic mass is 9.85. The topological polar surface area (TPSA) is 71.5 Å². The molecule has 1 unspecified atom stereocenters. The fraction of sp³-hybridized carbons (Fsp3) is 0.370. The van der Waals surface area contributed by atoms with Gasteiger partial charge in [-0.15, -0.1) is 11.3 Å². The first-order valence-electron chi connectivity index (χ1n) is 11.7. The standard InChI is InChI=1S/C27H30FN3O3S/c1-5-29-25(32)22-16-35-23(30-22)15-34-20-10-9-17-11-12-31(26(33)27(2,3)4)24(21(17)14-20)18-7-6-8-19(28)13-18/h6-10,13-14,16,24H,5,11-12,15H2,1-4H3,(H,29,32). The lowest BCUT2D eigenvalue weighted by Crippen LogP contribution is -2.45. The highest BCUT2D eigenvalue weighted by Gasteiger charge is 2.37. The quantitative estimate of drug-likeness (QED) is 0.515. The number of nitrogens with zero attached hydrogens (tertiary/aromatic N) is 2. The number of benzene rings is 2. The minimum Gasteiger partial charge on any atom is -0.486 e. The maximum atomic E-state index is 14.2. The van der Waals surface area contributed by atoms with Crippen molar-refractivity contribution in [2.75, 3.05) is 13.1 Å². The van der Waals surface area contributed by atoms with Gasteiger partial charge in [0.05, 0.1) is 6.04 Å². The summed E-state index contributed by atoms with van der Waals surface area (Å²) in [5, 5.41) is 5.14. The molecule has 0 fully saturated rings. The normalized spacial score (nSPS) is 15.5. The van der Waals surface area contributed by atoms with E-state index in [9.17, 15) is 14.0 Å². The molecule has 1 aromatic heterocycles. The largest absolute Gasteiger partial charge is 0.486 e. The zero-order valence-electron chi connectivity index (χ0n) is 20.4. The summed E-state index contributed by atoms with van der Waals surface area (Å²) in [6.07, 6.45) is 0.714. The molecule has 0 saturated heterocycles. The molecule has 3 aromatic rings. The molecule has 1 aliphatic rings. The fourth-order valence-electron chi connectivity index (χ4n) is 4.25. The number of rotatable bonds is 6. The van der Waals surface area contributed by atoms with Gasteiger partial charge < -0.3 is 15.0 Å². The molecule has 4 rings (SSSR count). The summed E-state index contributed by atoms with van der Waals surface area (Å²) in [6, 6.07) is 11.9. The summed E-state index contributed by atoms with van der Waals surface area (Å²) in [7, 11) is 0. The van der Waals surface area contributed by atoms with Crippen molar-refractivity contribution in [3.05, 3.63) is 81.1 Å². The van der Waals surface area contributed by atoms with Crippen LogP contribution in [0.1, 0.15) is 65.9 Å². The van der Waals surface area contributed by atoms with E-state index in [0.29, 0.717) is 36.0 Å². The molecular formula is C27H30FN3O3S. The highest BCUT2D eigenvalue weighted by molar-refractivity contribution is 7.09. The molecule has 1 N–H and O–H groups in total. The molecule has 0 bridgehead atoms. The van der Waals surface area contributed by atoms with E-state index in [1.807, 2.05) is 56.9 Å². The van der Waals surface area contributed by atoms with Crippen LogP contribution in [0.25, 0.3) is 0 Å². The van der Waals surface area contributed by atoms with Crippen molar-refractivity contribution in [3.63, 3.8) is 0 Å². The zero-order valence-corrected chi connectivity index (χ0v) is 21.2. The van der Waals surface area contributed by atoms with Gasteiger partial charge in [0.1, 0.15) is 28.9 Å². The fourth-order valence-corrected chi connectivity index (χ4v) is 4.93. The van der Waals surface area contributed by atoms with Gasteiger partial charge in [0.2, 0.25) is 5.91 Å². The van der Waals surface area contributed by atoms with Gasteiger partial charge in [-0.1, -0.05) is 39.0 Å². The second-order valence-corrected chi connectivity index (χ2v) is 10.5. The molecular weight excluding hydrogens is 465 g/mol. The van der Waals surface area contributed by atoms with E-state index in [2.05, 4.69) is 10.3 Å². The molecule has 0 saturated carbocycles. The van der Waals surface area contributed by atoms with Crippen LogP contribution in [0.5, 0.6) is 5.75 Å². The van der Waals surface area contributed by atoms with E-state index in [4.69, 9.17) is 4.74 Å². The number of nitrogens with one attached hydrogen (secondary N) is 1. The van der Waals surface area contributed by atoms with E-state index >= 15 is 0 Å². The lowest BCUT2D eigenvalue weighted by molar-refractivity contribution is -0.141. The number of hydrogen-bond acceptors (Lipinski definition) is 5. The van der Waals surface area contributed by atoms with E-state index < -0.39 is 11.5 Å². The van der Waals surface area contributed by atoms with Crippen LogP contribution in [0.3, 0.4) is 0 Å². The maximum absolute atomic E-state index is 14.2. The van der Waals surface area contributed by atoms with Crippen LogP contribution < -0.4 is 10.1 Å². The maximum Gasteiger partial charge on any atom is 0.270 e. The van der Waals surface area contributed by atoms with Crippen LogP contribution >= 0.6 is 11.3 Å². The van der Waals surface area contributed by atoms with Crippen LogP contribution in [-0.2, 0) is 17.8 Å². The number of carbonyl (C=O) groups excluding carboxylic acids is 2. The van der Waals surface area contributed by atoms with Gasteiger partial charge in [0, 0.05) is 23.9 Å². The first kappa shape index (κ1) is 24.9. The van der Waals surface area contributed by atoms with Crippen molar-refractivity contribution >= 4 is 23.2 Å². The molecule has 1 aliphatic heterocycles. The Hall–Kier alpha value is -3.26. The first-order chi connectivity index (χ1) is 16.7. The number of carbonyl (C=O) groups is 2. The zero-order chi connectivity index (χ0) is 25.2. The van der Waals surface area contributed by atoms with Gasteiger partial charge in [-0.3, -0.25) is 9.59 Å². The van der Waals surface area contributed by atoms with Gasteiger partial charge in [-0.2, -0.15) is 0 Å². The average Bonchev–Trinajstić information content (AvgIpc) is 3.30. The minimum absolute atomic E-state index is 0.0180. The van der Waals surface area contributed by atoms with Crippen molar-refractivity contribution in [1.82, 2.24) is 15.2 Å². The van der Waals surface area contributed by atoms with Crippen LogP contribution in [-0.4, -0.2) is 34.8 Å². The van der Waals surface area contributed by atoms with Crippen molar-refractivity contribution in [2.45, 2.75) is 46.8 Å². The predicted molar refractivity (Wildman–Crippen MR) is 134 cm³/mol. The number of hydrogen-bond donors (Lipinski definition) is 1. The second-order valence-electron chi connectivity index (χ2n) is 9.59. The lowest BCUT2D eigenvalue weighted by Gasteiger charge is -2.41. The monoisotopic (exact) mass is 495 g/mol. The summed E-state index contributed by atoms with van der Waals surface area (Å²) in [6.45, 7) is 8.88. The van der Waals surface area contributed by atoms with E-state index in [0.717, 1.165) is 16.7 Å². The Morgan fingerprint density at radius 1 is 1.23 bits per heavy atom. The van der Waals surface area contributed by atoms with Gasteiger partial charge in [-0.05, 0) is 54.3 Å². The molecule has 35 heavy (non-hydrogen) atoms. The Labute approximate surface area is 209 Å². The number of ether oxygens (including phenoxy) is 1. The molecule has 2 heterocycles. The van der Waals surface area contributed by atoms with Crippen LogP contribution in [0.4, 0.5) is 4.39 Å². The Kier molecular flexibility index (Phi) is 7.21. The van der Waals surface area contributed by atoms with Gasteiger partial charge in [0.25, 0.3) is 5.91 Å². The molecule has 0 radical (unpaired) electrons. The number of halogens is 1.